The average molecular weight is 411 g/mol. The molecular formula is C20H19BrN4O. The van der Waals surface area contributed by atoms with Crippen LogP contribution in [-0.2, 0) is 0 Å². The summed E-state index contributed by atoms with van der Waals surface area (Å²) >= 11 is 3.53. The number of nitrogens with zero attached hydrogens (tertiary/aromatic N) is 3. The maximum absolute atomic E-state index is 9.26. The number of fused-ring (bicyclic) bond motifs is 1. The van der Waals surface area contributed by atoms with Crippen molar-refractivity contribution in [3.8, 4) is 11.8 Å². The van der Waals surface area contributed by atoms with Crippen molar-refractivity contribution in [1.82, 2.24) is 9.97 Å². The summed E-state index contributed by atoms with van der Waals surface area (Å²) in [6, 6.07) is 11.9. The molecule has 0 radical (unpaired) electrons. The Balaban J connectivity index is 2.06. The van der Waals surface area contributed by atoms with E-state index in [9.17, 15) is 5.26 Å². The van der Waals surface area contributed by atoms with Crippen molar-refractivity contribution in [1.29, 1.82) is 5.26 Å². The van der Waals surface area contributed by atoms with Crippen molar-refractivity contribution in [2.45, 2.75) is 26.8 Å². The Morgan fingerprint density at radius 1 is 1.23 bits per heavy atom. The molecule has 0 aliphatic heterocycles. The summed E-state index contributed by atoms with van der Waals surface area (Å²) in [6.07, 6.45) is 0. The Kier molecular flexibility index (Phi) is 5.10. The van der Waals surface area contributed by atoms with Gasteiger partial charge in [-0.1, -0.05) is 12.1 Å². The average Bonchev–Trinajstić information content (AvgIpc) is 2.61. The van der Waals surface area contributed by atoms with Crippen molar-refractivity contribution in [2.75, 3.05) is 12.4 Å². The Morgan fingerprint density at radius 3 is 2.69 bits per heavy atom. The lowest BCUT2D eigenvalue weighted by molar-refractivity contribution is 0.412. The standard InChI is InChI=1S/C20H19BrN4O/c1-11-14(10-22)6-5-7-15(11)12(2)23-20-16-8-17(21)19(26-4)9-18(16)24-13(3)25-20/h5-9,12H,1-4H3,(H,23,24,25)/t12-/m1/s1. The number of hydrogen-bond acceptors (Lipinski definition) is 5. The van der Waals surface area contributed by atoms with Crippen LogP contribution in [0.4, 0.5) is 5.82 Å². The minimum atomic E-state index is -0.0123. The first-order chi connectivity index (χ1) is 12.4. The van der Waals surface area contributed by atoms with Crippen molar-refractivity contribution in [3.63, 3.8) is 0 Å². The van der Waals surface area contributed by atoms with Crippen molar-refractivity contribution in [2.24, 2.45) is 0 Å². The Hall–Kier alpha value is -2.65. The van der Waals surface area contributed by atoms with E-state index in [0.717, 1.165) is 38.1 Å². The molecule has 0 aliphatic rings. The third-order valence-corrected chi connectivity index (χ3v) is 5.02. The number of ether oxygens (including phenoxy) is 1. The number of methoxy groups -OCH3 is 1. The van der Waals surface area contributed by atoms with Gasteiger partial charge in [0.1, 0.15) is 17.4 Å². The summed E-state index contributed by atoms with van der Waals surface area (Å²) in [5.74, 6) is 2.16. The first-order valence-corrected chi connectivity index (χ1v) is 9.02. The molecule has 3 rings (SSSR count). The molecule has 1 aromatic heterocycles. The van der Waals surface area contributed by atoms with Crippen LogP contribution in [0.3, 0.4) is 0 Å². The highest BCUT2D eigenvalue weighted by atomic mass is 79.9. The van der Waals surface area contributed by atoms with E-state index in [4.69, 9.17) is 4.74 Å². The Labute approximate surface area is 161 Å². The first kappa shape index (κ1) is 18.2. The Morgan fingerprint density at radius 2 is 2.00 bits per heavy atom. The largest absolute Gasteiger partial charge is 0.495 e. The molecule has 0 bridgehead atoms. The van der Waals surface area contributed by atoms with Crippen LogP contribution in [0.2, 0.25) is 0 Å². The molecule has 1 atom stereocenters. The van der Waals surface area contributed by atoms with Gasteiger partial charge in [0, 0.05) is 11.5 Å². The predicted molar refractivity (Wildman–Crippen MR) is 106 cm³/mol. The molecule has 2 aromatic carbocycles. The molecule has 3 aromatic rings. The minimum absolute atomic E-state index is 0.0123. The van der Waals surface area contributed by atoms with Crippen molar-refractivity contribution < 1.29 is 4.74 Å². The summed E-state index contributed by atoms with van der Waals surface area (Å²) < 4.78 is 6.21. The quantitative estimate of drug-likeness (QED) is 0.650. The Bertz CT molecular complexity index is 1030. The summed E-state index contributed by atoms with van der Waals surface area (Å²) in [6.45, 7) is 5.90. The van der Waals surface area contributed by atoms with Crippen LogP contribution in [0.5, 0.6) is 5.75 Å². The maximum Gasteiger partial charge on any atom is 0.138 e. The van der Waals surface area contributed by atoms with Crippen molar-refractivity contribution in [3.05, 3.63) is 57.3 Å². The predicted octanol–water partition coefficient (Wildman–Crippen LogP) is 5.06. The van der Waals surface area contributed by atoms with Crippen LogP contribution in [0.15, 0.2) is 34.8 Å². The highest BCUT2D eigenvalue weighted by Crippen LogP contribution is 2.33. The maximum atomic E-state index is 9.26. The van der Waals surface area contributed by atoms with Gasteiger partial charge in [-0.3, -0.25) is 0 Å². The number of rotatable bonds is 4. The van der Waals surface area contributed by atoms with Gasteiger partial charge in [0.15, 0.2) is 0 Å². The molecule has 132 valence electrons. The third-order valence-electron chi connectivity index (χ3n) is 4.40. The van der Waals surface area contributed by atoms with Crippen LogP contribution in [-0.4, -0.2) is 17.1 Å². The van der Waals surface area contributed by atoms with Crippen molar-refractivity contribution >= 4 is 32.7 Å². The molecule has 26 heavy (non-hydrogen) atoms. The van der Waals surface area contributed by atoms with Crippen LogP contribution in [0.1, 0.15) is 35.5 Å². The van der Waals surface area contributed by atoms with Crippen LogP contribution in [0, 0.1) is 25.2 Å². The van der Waals surface area contributed by atoms with E-state index in [2.05, 4.69) is 44.2 Å². The molecule has 1 N–H and O–H groups in total. The lowest BCUT2D eigenvalue weighted by atomic mass is 9.98. The van der Waals surface area contributed by atoms with Gasteiger partial charge in [-0.15, -0.1) is 0 Å². The van der Waals surface area contributed by atoms with Crippen LogP contribution in [0.25, 0.3) is 10.9 Å². The van der Waals surface area contributed by atoms with E-state index in [1.54, 1.807) is 7.11 Å². The van der Waals surface area contributed by atoms with E-state index in [1.165, 1.54) is 0 Å². The zero-order valence-electron chi connectivity index (χ0n) is 15.1. The minimum Gasteiger partial charge on any atom is -0.495 e. The second kappa shape index (κ2) is 7.30. The molecule has 0 aliphatic carbocycles. The highest BCUT2D eigenvalue weighted by molar-refractivity contribution is 9.10. The highest BCUT2D eigenvalue weighted by Gasteiger charge is 2.15. The first-order valence-electron chi connectivity index (χ1n) is 8.22. The molecule has 0 saturated heterocycles. The summed E-state index contributed by atoms with van der Waals surface area (Å²) in [5.41, 5.74) is 3.55. The number of aryl methyl sites for hydroxylation is 1. The van der Waals surface area contributed by atoms with E-state index in [0.29, 0.717) is 11.4 Å². The molecule has 0 amide bonds. The molecule has 0 saturated carbocycles. The van der Waals surface area contributed by atoms with Gasteiger partial charge in [0.25, 0.3) is 0 Å². The topological polar surface area (TPSA) is 70.8 Å². The molecule has 1 heterocycles. The zero-order valence-corrected chi connectivity index (χ0v) is 16.7. The van der Waals surface area contributed by atoms with Gasteiger partial charge in [-0.2, -0.15) is 5.26 Å². The molecular weight excluding hydrogens is 392 g/mol. The van der Waals surface area contributed by atoms with Crippen LogP contribution >= 0.6 is 15.9 Å². The van der Waals surface area contributed by atoms with E-state index in [-0.39, 0.29) is 6.04 Å². The smallest absolute Gasteiger partial charge is 0.138 e. The normalized spacial score (nSPS) is 11.8. The fourth-order valence-corrected chi connectivity index (χ4v) is 3.54. The number of hydrogen-bond donors (Lipinski definition) is 1. The summed E-state index contributed by atoms with van der Waals surface area (Å²) in [7, 11) is 1.63. The monoisotopic (exact) mass is 410 g/mol. The second-order valence-electron chi connectivity index (χ2n) is 6.12. The van der Waals surface area contributed by atoms with E-state index < -0.39 is 0 Å². The molecule has 5 nitrogen and oxygen atoms in total. The molecule has 0 unspecified atom stereocenters. The second-order valence-corrected chi connectivity index (χ2v) is 6.98. The van der Waals surface area contributed by atoms with Gasteiger partial charge >= 0.3 is 0 Å². The fourth-order valence-electron chi connectivity index (χ4n) is 3.04. The van der Waals surface area contributed by atoms with E-state index >= 15 is 0 Å². The van der Waals surface area contributed by atoms with E-state index in [1.807, 2.05) is 44.2 Å². The SMILES string of the molecule is COc1cc2nc(C)nc(N[C@H](C)c3cccc(C#N)c3C)c2cc1Br. The number of anilines is 1. The number of benzene rings is 2. The summed E-state index contributed by atoms with van der Waals surface area (Å²) in [5, 5.41) is 13.6. The van der Waals surface area contributed by atoms with Gasteiger partial charge in [-0.25, -0.2) is 9.97 Å². The molecule has 6 heteroatoms. The summed E-state index contributed by atoms with van der Waals surface area (Å²) in [4.78, 5) is 9.10. The lowest BCUT2D eigenvalue weighted by Gasteiger charge is -2.19. The van der Waals surface area contributed by atoms with Gasteiger partial charge in [0.2, 0.25) is 0 Å². The third kappa shape index (κ3) is 3.35. The lowest BCUT2D eigenvalue weighted by Crippen LogP contribution is -2.11. The number of nitrogens with one attached hydrogen (secondary N) is 1. The van der Waals surface area contributed by atoms with Gasteiger partial charge in [0.05, 0.1) is 34.8 Å². The molecule has 0 fully saturated rings. The number of nitriles is 1. The fraction of sp³-hybridized carbons (Fsp3) is 0.250. The van der Waals surface area contributed by atoms with Gasteiger partial charge in [-0.05, 0) is 60.0 Å². The van der Waals surface area contributed by atoms with Crippen LogP contribution < -0.4 is 10.1 Å². The number of aromatic nitrogens is 2. The number of halogens is 1. The molecule has 0 spiro atoms. The van der Waals surface area contributed by atoms with Gasteiger partial charge < -0.3 is 10.1 Å². The zero-order chi connectivity index (χ0) is 18.8.